The van der Waals surface area contributed by atoms with Crippen molar-refractivity contribution in [1.29, 1.82) is 0 Å². The Morgan fingerprint density at radius 2 is 1.14 bits per heavy atom. The highest BCUT2D eigenvalue weighted by atomic mass is 14.0. The van der Waals surface area contributed by atoms with Crippen LogP contribution in [0.2, 0.25) is 0 Å². The third-order valence-corrected chi connectivity index (χ3v) is 3.72. The Morgan fingerprint density at radius 3 is 1.43 bits per heavy atom. The van der Waals surface area contributed by atoms with E-state index >= 15 is 0 Å². The van der Waals surface area contributed by atoms with Crippen LogP contribution in [0.5, 0.6) is 0 Å². The van der Waals surface area contributed by atoms with Crippen LogP contribution in [0.25, 0.3) is 0 Å². The molecule has 0 fully saturated rings. The molecule has 0 heteroatoms. The fraction of sp³-hybridized carbons (Fsp3) is 0.714. The largest absolute Gasteiger partial charge is 0.0654 e. The van der Waals surface area contributed by atoms with Crippen LogP contribution in [0.3, 0.4) is 0 Å². The van der Waals surface area contributed by atoms with Crippen LogP contribution in [-0.4, -0.2) is 0 Å². The van der Waals surface area contributed by atoms with Crippen molar-refractivity contribution in [2.45, 2.75) is 93.4 Å². The van der Waals surface area contributed by atoms with Crippen LogP contribution in [-0.2, 0) is 0 Å². The van der Waals surface area contributed by atoms with Gasteiger partial charge in [0, 0.05) is 0 Å². The molecule has 0 spiro atoms. The number of unbranched alkanes of at least 4 members (excludes halogenated alkanes) is 3. The summed E-state index contributed by atoms with van der Waals surface area (Å²) in [5, 5.41) is 0. The highest BCUT2D eigenvalue weighted by molar-refractivity contribution is 5.19. The Labute approximate surface area is 135 Å². The van der Waals surface area contributed by atoms with Gasteiger partial charge in [-0.1, -0.05) is 115 Å². The second-order valence-electron chi connectivity index (χ2n) is 6.16. The average molecular weight is 293 g/mol. The maximum atomic E-state index is 2.34. The van der Waals surface area contributed by atoms with Gasteiger partial charge in [0.05, 0.1) is 0 Å². The molecule has 1 unspecified atom stereocenters. The third-order valence-electron chi connectivity index (χ3n) is 3.72. The van der Waals surface area contributed by atoms with Crippen LogP contribution in [0.4, 0.5) is 0 Å². The molecule has 21 heavy (non-hydrogen) atoms. The molecule has 1 rings (SSSR count). The molecule has 0 aliphatic rings. The van der Waals surface area contributed by atoms with E-state index in [4.69, 9.17) is 0 Å². The predicted octanol–water partition coefficient (Wildman–Crippen LogP) is 7.72. The van der Waals surface area contributed by atoms with Gasteiger partial charge in [0.2, 0.25) is 0 Å². The summed E-state index contributed by atoms with van der Waals surface area (Å²) >= 11 is 0. The van der Waals surface area contributed by atoms with Crippen molar-refractivity contribution in [3.63, 3.8) is 0 Å². The maximum Gasteiger partial charge on any atom is -0.0398 e. The molecule has 0 aromatic heterocycles. The summed E-state index contributed by atoms with van der Waals surface area (Å²) in [5.41, 5.74) is 2.66. The minimum Gasteiger partial charge on any atom is -0.0654 e. The van der Waals surface area contributed by atoms with E-state index in [1.165, 1.54) is 56.1 Å². The zero-order valence-corrected chi connectivity index (χ0v) is 15.8. The smallest absolute Gasteiger partial charge is 0.0398 e. The summed E-state index contributed by atoms with van der Waals surface area (Å²) in [6.07, 6.45) is 9.64. The quantitative estimate of drug-likeness (QED) is 0.471. The average Bonchev–Trinajstić information content (AvgIpc) is 2.51. The molecule has 0 radical (unpaired) electrons. The SMILES string of the molecule is CCCC.CCCCCC(C)CC.Cc1ccc(C)cc1. The van der Waals surface area contributed by atoms with Gasteiger partial charge in [-0.05, 0) is 19.8 Å². The van der Waals surface area contributed by atoms with Crippen molar-refractivity contribution in [3.05, 3.63) is 35.4 Å². The fourth-order valence-corrected chi connectivity index (χ4v) is 1.58. The summed E-state index contributed by atoms with van der Waals surface area (Å²) in [5.74, 6) is 0.955. The van der Waals surface area contributed by atoms with Crippen molar-refractivity contribution < 1.29 is 0 Å². The molecule has 0 saturated carbocycles. The van der Waals surface area contributed by atoms with E-state index in [-0.39, 0.29) is 0 Å². The summed E-state index contributed by atoms with van der Waals surface area (Å²) in [6.45, 7) is 15.4. The van der Waals surface area contributed by atoms with Crippen molar-refractivity contribution in [2.75, 3.05) is 0 Å². The standard InChI is InChI=1S/C9H20.C8H10.C4H10/c1-4-6-7-8-9(3)5-2;1-7-3-5-8(2)6-4-7;1-3-4-2/h9H,4-8H2,1-3H3;3-6H,1-2H3;3-4H2,1-2H3. The Morgan fingerprint density at radius 1 is 0.714 bits per heavy atom. The molecule has 0 amide bonds. The van der Waals surface area contributed by atoms with Gasteiger partial charge >= 0.3 is 0 Å². The van der Waals surface area contributed by atoms with Crippen molar-refractivity contribution in [1.82, 2.24) is 0 Å². The minimum absolute atomic E-state index is 0.955. The first-order valence-electron chi connectivity index (χ1n) is 9.04. The topological polar surface area (TPSA) is 0 Å². The molecule has 0 bridgehead atoms. The molecule has 0 N–H and O–H groups in total. The zero-order valence-electron chi connectivity index (χ0n) is 15.8. The van der Waals surface area contributed by atoms with Crippen LogP contribution in [0, 0.1) is 19.8 Å². The first kappa shape index (κ1) is 22.5. The highest BCUT2D eigenvalue weighted by Gasteiger charge is 1.95. The number of rotatable bonds is 6. The second-order valence-corrected chi connectivity index (χ2v) is 6.16. The molecular formula is C21H40. The van der Waals surface area contributed by atoms with Gasteiger partial charge in [-0.15, -0.1) is 0 Å². The third kappa shape index (κ3) is 19.2. The molecule has 0 aliphatic carbocycles. The Balaban J connectivity index is 0. The molecule has 0 aliphatic heterocycles. The van der Waals surface area contributed by atoms with Gasteiger partial charge < -0.3 is 0 Å². The van der Waals surface area contributed by atoms with Crippen LogP contribution >= 0.6 is 0 Å². The molecule has 1 aromatic carbocycles. The molecule has 0 heterocycles. The maximum absolute atomic E-state index is 2.34. The molecule has 1 atom stereocenters. The lowest BCUT2D eigenvalue weighted by atomic mass is 10.0. The van der Waals surface area contributed by atoms with E-state index in [2.05, 4.69) is 72.7 Å². The van der Waals surface area contributed by atoms with Crippen LogP contribution in [0.15, 0.2) is 24.3 Å². The van der Waals surface area contributed by atoms with E-state index in [1.54, 1.807) is 0 Å². The summed E-state index contributed by atoms with van der Waals surface area (Å²) in [7, 11) is 0. The fourth-order valence-electron chi connectivity index (χ4n) is 1.58. The molecule has 0 saturated heterocycles. The van der Waals surface area contributed by atoms with Crippen molar-refractivity contribution in [3.8, 4) is 0 Å². The van der Waals surface area contributed by atoms with Gasteiger partial charge in [0.25, 0.3) is 0 Å². The lowest BCUT2D eigenvalue weighted by Gasteiger charge is -2.05. The van der Waals surface area contributed by atoms with E-state index in [0.29, 0.717) is 0 Å². The van der Waals surface area contributed by atoms with E-state index in [9.17, 15) is 0 Å². The number of benzene rings is 1. The molecule has 1 aromatic rings. The number of hydrogen-bond acceptors (Lipinski definition) is 0. The number of hydrogen-bond donors (Lipinski definition) is 0. The zero-order chi connectivity index (χ0) is 16.5. The summed E-state index contributed by atoms with van der Waals surface area (Å²) in [6, 6.07) is 8.48. The Hall–Kier alpha value is -0.780. The highest BCUT2D eigenvalue weighted by Crippen LogP contribution is 2.11. The van der Waals surface area contributed by atoms with E-state index in [1.807, 2.05) is 0 Å². The minimum atomic E-state index is 0.955. The number of aryl methyl sites for hydroxylation is 2. The second kappa shape index (κ2) is 17.3. The van der Waals surface area contributed by atoms with Crippen LogP contribution < -0.4 is 0 Å². The lowest BCUT2D eigenvalue weighted by Crippen LogP contribution is -1.90. The first-order chi connectivity index (χ1) is 10.0. The van der Waals surface area contributed by atoms with Crippen molar-refractivity contribution in [2.24, 2.45) is 5.92 Å². The van der Waals surface area contributed by atoms with Gasteiger partial charge in [-0.3, -0.25) is 0 Å². The molecule has 124 valence electrons. The summed E-state index contributed by atoms with van der Waals surface area (Å²) < 4.78 is 0. The first-order valence-corrected chi connectivity index (χ1v) is 9.04. The Kier molecular flexibility index (Phi) is 18.5. The van der Waals surface area contributed by atoms with Gasteiger partial charge in [0.1, 0.15) is 0 Å². The molecule has 0 nitrogen and oxygen atoms in total. The van der Waals surface area contributed by atoms with Gasteiger partial charge in [0.15, 0.2) is 0 Å². The molecular weight excluding hydrogens is 252 g/mol. The summed E-state index contributed by atoms with van der Waals surface area (Å²) in [4.78, 5) is 0. The van der Waals surface area contributed by atoms with Crippen molar-refractivity contribution >= 4 is 0 Å². The Bertz CT molecular complexity index is 260. The van der Waals surface area contributed by atoms with Crippen LogP contribution in [0.1, 0.15) is 90.7 Å². The van der Waals surface area contributed by atoms with Gasteiger partial charge in [-0.2, -0.15) is 0 Å². The van der Waals surface area contributed by atoms with Gasteiger partial charge in [-0.25, -0.2) is 0 Å². The lowest BCUT2D eigenvalue weighted by molar-refractivity contribution is 0.482. The van der Waals surface area contributed by atoms with E-state index < -0.39 is 0 Å². The monoisotopic (exact) mass is 292 g/mol. The van der Waals surface area contributed by atoms with E-state index in [0.717, 1.165) is 5.92 Å². The predicted molar refractivity (Wildman–Crippen MR) is 100 cm³/mol. The normalized spacial score (nSPS) is 10.8.